The summed E-state index contributed by atoms with van der Waals surface area (Å²) < 4.78 is 5.20. The van der Waals surface area contributed by atoms with Crippen LogP contribution in [-0.2, 0) is 6.42 Å². The zero-order valence-electron chi connectivity index (χ0n) is 10.2. The molecule has 0 atom stereocenters. The lowest BCUT2D eigenvalue weighted by atomic mass is 10.3. The third-order valence-corrected chi connectivity index (χ3v) is 2.07. The fraction of sp³-hybridized carbons (Fsp3) is 0.600. The first-order valence-electron chi connectivity index (χ1n) is 5.49. The van der Waals surface area contributed by atoms with Gasteiger partial charge in [0.2, 0.25) is 5.82 Å². The highest BCUT2D eigenvalue weighted by molar-refractivity contribution is 5.61. The van der Waals surface area contributed by atoms with Gasteiger partial charge in [-0.3, -0.25) is 10.1 Å². The van der Waals surface area contributed by atoms with Gasteiger partial charge in [-0.05, 0) is 13.3 Å². The van der Waals surface area contributed by atoms with Gasteiger partial charge in [0.15, 0.2) is 0 Å². The Balaban J connectivity index is 3.29. The molecule has 7 nitrogen and oxygen atoms in total. The summed E-state index contributed by atoms with van der Waals surface area (Å²) in [6.45, 7) is 4.07. The molecule has 0 unspecified atom stereocenters. The van der Waals surface area contributed by atoms with Gasteiger partial charge >= 0.3 is 5.69 Å². The van der Waals surface area contributed by atoms with Crippen molar-refractivity contribution in [2.45, 2.75) is 26.7 Å². The van der Waals surface area contributed by atoms with Crippen molar-refractivity contribution in [2.75, 3.05) is 19.0 Å². The Labute approximate surface area is 99.4 Å². The Hall–Kier alpha value is -1.92. The number of anilines is 1. The highest BCUT2D eigenvalue weighted by atomic mass is 16.6. The second kappa shape index (κ2) is 5.97. The molecule has 0 saturated heterocycles. The SMILES string of the molecule is CCCc1nc(NC)c([N+](=O)[O-])c(OCC)n1. The van der Waals surface area contributed by atoms with Crippen LogP contribution in [-0.4, -0.2) is 28.5 Å². The van der Waals surface area contributed by atoms with E-state index in [2.05, 4.69) is 15.3 Å². The van der Waals surface area contributed by atoms with Gasteiger partial charge < -0.3 is 10.1 Å². The molecule has 17 heavy (non-hydrogen) atoms. The molecule has 1 N–H and O–H groups in total. The van der Waals surface area contributed by atoms with Crippen LogP contribution in [0.15, 0.2) is 0 Å². The van der Waals surface area contributed by atoms with Crippen molar-refractivity contribution >= 4 is 11.5 Å². The van der Waals surface area contributed by atoms with Gasteiger partial charge in [0.05, 0.1) is 11.5 Å². The maximum atomic E-state index is 11.0. The Kier molecular flexibility index (Phi) is 4.62. The molecule has 94 valence electrons. The van der Waals surface area contributed by atoms with E-state index in [1.165, 1.54) is 0 Å². The molecule has 0 amide bonds. The van der Waals surface area contributed by atoms with Crippen molar-refractivity contribution in [3.05, 3.63) is 15.9 Å². The van der Waals surface area contributed by atoms with E-state index in [9.17, 15) is 10.1 Å². The summed E-state index contributed by atoms with van der Waals surface area (Å²) in [6, 6.07) is 0. The lowest BCUT2D eigenvalue weighted by Gasteiger charge is -2.08. The Bertz CT molecular complexity index is 409. The van der Waals surface area contributed by atoms with E-state index in [4.69, 9.17) is 4.74 Å². The third-order valence-electron chi connectivity index (χ3n) is 2.07. The van der Waals surface area contributed by atoms with Crippen LogP contribution < -0.4 is 10.1 Å². The minimum Gasteiger partial charge on any atom is -0.473 e. The van der Waals surface area contributed by atoms with Gasteiger partial charge in [-0.1, -0.05) is 6.92 Å². The molecule has 0 aromatic carbocycles. The predicted octanol–water partition coefficient (Wildman–Crippen LogP) is 1.78. The van der Waals surface area contributed by atoms with Crippen LogP contribution in [0.2, 0.25) is 0 Å². The molecule has 1 heterocycles. The summed E-state index contributed by atoms with van der Waals surface area (Å²) in [5.41, 5.74) is -0.214. The highest BCUT2D eigenvalue weighted by Crippen LogP contribution is 2.31. The summed E-state index contributed by atoms with van der Waals surface area (Å²) >= 11 is 0. The van der Waals surface area contributed by atoms with Crippen LogP contribution in [0, 0.1) is 10.1 Å². The normalized spacial score (nSPS) is 10.1. The molecule has 1 rings (SSSR count). The summed E-state index contributed by atoms with van der Waals surface area (Å²) in [5.74, 6) is 0.767. The fourth-order valence-electron chi connectivity index (χ4n) is 1.39. The number of ether oxygens (including phenoxy) is 1. The van der Waals surface area contributed by atoms with Gasteiger partial charge in [-0.25, -0.2) is 4.98 Å². The Morgan fingerprint density at radius 1 is 1.41 bits per heavy atom. The molecular weight excluding hydrogens is 224 g/mol. The maximum Gasteiger partial charge on any atom is 0.372 e. The molecule has 0 aliphatic rings. The molecule has 1 aromatic rings. The van der Waals surface area contributed by atoms with Gasteiger partial charge in [0, 0.05) is 13.5 Å². The average molecular weight is 240 g/mol. The zero-order valence-corrected chi connectivity index (χ0v) is 10.2. The summed E-state index contributed by atoms with van der Waals surface area (Å²) in [4.78, 5) is 18.6. The van der Waals surface area contributed by atoms with Crippen LogP contribution in [0.4, 0.5) is 11.5 Å². The first-order chi connectivity index (χ1) is 8.13. The van der Waals surface area contributed by atoms with Crippen molar-refractivity contribution in [1.29, 1.82) is 0 Å². The number of nitrogens with one attached hydrogen (secondary N) is 1. The maximum absolute atomic E-state index is 11.0. The third kappa shape index (κ3) is 3.02. The van der Waals surface area contributed by atoms with E-state index < -0.39 is 4.92 Å². The minimum atomic E-state index is -0.535. The standard InChI is InChI=1S/C10H16N4O3/c1-4-6-7-12-9(11-3)8(14(15)16)10(13-7)17-5-2/h4-6H2,1-3H3,(H,11,12,13). The number of hydrogen-bond donors (Lipinski definition) is 1. The van der Waals surface area contributed by atoms with E-state index in [1.807, 2.05) is 6.92 Å². The number of aromatic nitrogens is 2. The van der Waals surface area contributed by atoms with E-state index in [-0.39, 0.29) is 17.4 Å². The molecule has 0 saturated carbocycles. The topological polar surface area (TPSA) is 90.2 Å². The molecule has 0 fully saturated rings. The quantitative estimate of drug-likeness (QED) is 0.602. The monoisotopic (exact) mass is 240 g/mol. The first-order valence-corrected chi connectivity index (χ1v) is 5.49. The summed E-state index contributed by atoms with van der Waals surface area (Å²) in [7, 11) is 1.58. The molecule has 0 spiro atoms. The van der Waals surface area contributed by atoms with Gasteiger partial charge in [0.25, 0.3) is 5.88 Å². The molecule has 0 aliphatic carbocycles. The second-order valence-electron chi connectivity index (χ2n) is 3.33. The lowest BCUT2D eigenvalue weighted by molar-refractivity contribution is -0.385. The van der Waals surface area contributed by atoms with E-state index in [1.54, 1.807) is 14.0 Å². The fourth-order valence-corrected chi connectivity index (χ4v) is 1.39. The Morgan fingerprint density at radius 2 is 2.12 bits per heavy atom. The predicted molar refractivity (Wildman–Crippen MR) is 63.4 cm³/mol. The summed E-state index contributed by atoms with van der Waals surface area (Å²) in [5, 5.41) is 13.7. The molecule has 0 radical (unpaired) electrons. The van der Waals surface area contributed by atoms with Gasteiger partial charge in [0.1, 0.15) is 5.82 Å². The Morgan fingerprint density at radius 3 is 2.59 bits per heavy atom. The first kappa shape index (κ1) is 13.1. The van der Waals surface area contributed by atoms with Gasteiger partial charge in [-0.2, -0.15) is 4.98 Å². The van der Waals surface area contributed by atoms with Crippen LogP contribution in [0.3, 0.4) is 0 Å². The van der Waals surface area contributed by atoms with E-state index in [0.29, 0.717) is 18.9 Å². The minimum absolute atomic E-state index is 0.0281. The number of hydrogen-bond acceptors (Lipinski definition) is 6. The number of nitrogens with zero attached hydrogens (tertiary/aromatic N) is 3. The van der Waals surface area contributed by atoms with Crippen LogP contribution in [0.25, 0.3) is 0 Å². The second-order valence-corrected chi connectivity index (χ2v) is 3.33. The van der Waals surface area contributed by atoms with E-state index in [0.717, 1.165) is 6.42 Å². The number of nitro groups is 1. The number of aryl methyl sites for hydroxylation is 1. The van der Waals surface area contributed by atoms with Crippen LogP contribution in [0.1, 0.15) is 26.1 Å². The van der Waals surface area contributed by atoms with Crippen molar-refractivity contribution in [3.8, 4) is 5.88 Å². The van der Waals surface area contributed by atoms with Crippen molar-refractivity contribution in [1.82, 2.24) is 9.97 Å². The average Bonchev–Trinajstić information content (AvgIpc) is 2.28. The van der Waals surface area contributed by atoms with Gasteiger partial charge in [-0.15, -0.1) is 0 Å². The molecule has 0 aliphatic heterocycles. The molecule has 7 heteroatoms. The molecular formula is C10H16N4O3. The van der Waals surface area contributed by atoms with Crippen molar-refractivity contribution < 1.29 is 9.66 Å². The molecule has 0 bridgehead atoms. The van der Waals surface area contributed by atoms with E-state index >= 15 is 0 Å². The highest BCUT2D eigenvalue weighted by Gasteiger charge is 2.25. The zero-order chi connectivity index (χ0) is 12.8. The van der Waals surface area contributed by atoms with Crippen molar-refractivity contribution in [3.63, 3.8) is 0 Å². The molecule has 1 aromatic heterocycles. The van der Waals surface area contributed by atoms with Crippen LogP contribution >= 0.6 is 0 Å². The van der Waals surface area contributed by atoms with Crippen molar-refractivity contribution in [2.24, 2.45) is 0 Å². The summed E-state index contributed by atoms with van der Waals surface area (Å²) in [6.07, 6.45) is 1.53. The smallest absolute Gasteiger partial charge is 0.372 e. The largest absolute Gasteiger partial charge is 0.473 e. The van der Waals surface area contributed by atoms with Crippen LogP contribution in [0.5, 0.6) is 5.88 Å². The number of rotatable bonds is 6. The lowest BCUT2D eigenvalue weighted by Crippen LogP contribution is -2.08.